The lowest BCUT2D eigenvalue weighted by Gasteiger charge is -2.41. The van der Waals surface area contributed by atoms with Gasteiger partial charge < -0.3 is 25.0 Å². The van der Waals surface area contributed by atoms with Crippen molar-refractivity contribution in [1.29, 1.82) is 0 Å². The lowest BCUT2D eigenvalue weighted by Crippen LogP contribution is -2.57. The molecule has 0 spiro atoms. The molecule has 9 heteroatoms. The molecule has 8 nitrogen and oxygen atoms in total. The van der Waals surface area contributed by atoms with Gasteiger partial charge in [0, 0.05) is 49.0 Å². The van der Waals surface area contributed by atoms with Gasteiger partial charge in [-0.05, 0) is 56.4 Å². The fourth-order valence-electron chi connectivity index (χ4n) is 5.19. The molecule has 3 atom stereocenters. The number of likely N-dealkylation sites (tertiary alicyclic amines) is 1. The Morgan fingerprint density at radius 1 is 1.21 bits per heavy atom. The molecule has 2 N–H and O–H groups in total. The number of nitrogens with one attached hydrogen (secondary N) is 1. The number of anilines is 1. The summed E-state index contributed by atoms with van der Waals surface area (Å²) in [6.45, 7) is 0.796. The van der Waals surface area contributed by atoms with Crippen molar-refractivity contribution >= 4 is 29.1 Å². The van der Waals surface area contributed by atoms with Crippen LogP contribution in [0.3, 0.4) is 0 Å². The molecule has 0 aliphatic carbocycles. The van der Waals surface area contributed by atoms with Gasteiger partial charge in [0.15, 0.2) is 5.54 Å². The number of hydrogen-bond acceptors (Lipinski definition) is 6. The van der Waals surface area contributed by atoms with Crippen LogP contribution in [0.25, 0.3) is 0 Å². The number of hydrogen-bond donors (Lipinski definition) is 2. The minimum absolute atomic E-state index is 0.144. The number of β-amino-alcohol motifs (C(OH)–C–C–N with tert-alkyl or cyclic N) is 1. The number of nitrogens with zero attached hydrogens (tertiary/aromatic N) is 3. The molecule has 2 aromatic rings. The lowest BCUT2D eigenvalue weighted by atomic mass is 9.80. The van der Waals surface area contributed by atoms with E-state index in [0.717, 1.165) is 5.56 Å². The Kier molecular flexibility index (Phi) is 6.61. The number of aliphatic hydroxyl groups excluding tert-OH is 1. The minimum atomic E-state index is -1.41. The third-order valence-corrected chi connectivity index (χ3v) is 6.77. The molecule has 0 bridgehead atoms. The van der Waals surface area contributed by atoms with Gasteiger partial charge in [-0.2, -0.15) is 0 Å². The Hall–Kier alpha value is -2.65. The van der Waals surface area contributed by atoms with Crippen molar-refractivity contribution in [3.63, 3.8) is 0 Å². The van der Waals surface area contributed by atoms with Crippen LogP contribution in [0.2, 0.25) is 5.02 Å². The first-order valence-electron chi connectivity index (χ1n) is 11.2. The van der Waals surface area contributed by atoms with Gasteiger partial charge in [-0.25, -0.2) is 0 Å². The SMILES string of the molecule is COc1ccc(CN(C)C)cc1C1(N2C[C@H](O)C[C@H]2C(=O)N(C)C)C(=O)Nc2ccc(Cl)cc21. The van der Waals surface area contributed by atoms with E-state index in [1.165, 1.54) is 4.90 Å². The van der Waals surface area contributed by atoms with Crippen LogP contribution in [0.15, 0.2) is 36.4 Å². The topological polar surface area (TPSA) is 85.3 Å². The first-order chi connectivity index (χ1) is 16.1. The van der Waals surface area contributed by atoms with Crippen molar-refractivity contribution in [2.45, 2.75) is 30.7 Å². The second-order valence-corrected chi connectivity index (χ2v) is 9.85. The van der Waals surface area contributed by atoms with E-state index in [4.69, 9.17) is 16.3 Å². The van der Waals surface area contributed by atoms with Crippen LogP contribution in [-0.4, -0.2) is 85.6 Å². The molecule has 1 fully saturated rings. The predicted molar refractivity (Wildman–Crippen MR) is 131 cm³/mol. The second-order valence-electron chi connectivity index (χ2n) is 9.42. The fraction of sp³-hybridized carbons (Fsp3) is 0.440. The van der Waals surface area contributed by atoms with Crippen molar-refractivity contribution in [3.8, 4) is 5.75 Å². The van der Waals surface area contributed by atoms with Gasteiger partial charge in [0.1, 0.15) is 5.75 Å². The molecule has 0 radical (unpaired) electrons. The number of rotatable bonds is 6. The van der Waals surface area contributed by atoms with E-state index in [0.29, 0.717) is 34.1 Å². The van der Waals surface area contributed by atoms with Crippen LogP contribution in [0.1, 0.15) is 23.1 Å². The molecule has 2 aliphatic rings. The standard InChI is InChI=1S/C25H31ClN4O4/c1-28(2)13-15-6-9-22(34-5)19(10-15)25(18-11-16(26)7-8-20(18)27-24(25)33)30-14-17(31)12-21(30)23(32)29(3)4/h6-11,17,21,31H,12-14H2,1-5H3,(H,27,33)/t17-,21+,25?/m1/s1. The Balaban J connectivity index is 2.04. The molecular weight excluding hydrogens is 456 g/mol. The van der Waals surface area contributed by atoms with Crippen LogP contribution in [-0.2, 0) is 21.7 Å². The molecule has 34 heavy (non-hydrogen) atoms. The summed E-state index contributed by atoms with van der Waals surface area (Å²) >= 11 is 6.42. The number of amides is 2. The van der Waals surface area contributed by atoms with Crippen LogP contribution in [0.4, 0.5) is 5.69 Å². The van der Waals surface area contributed by atoms with Gasteiger partial charge in [-0.1, -0.05) is 17.7 Å². The number of aliphatic hydroxyl groups is 1. The average molecular weight is 487 g/mol. The Morgan fingerprint density at radius 3 is 2.59 bits per heavy atom. The molecule has 2 amide bonds. The third-order valence-electron chi connectivity index (χ3n) is 6.54. The van der Waals surface area contributed by atoms with Gasteiger partial charge in [0.2, 0.25) is 5.91 Å². The molecular formula is C25H31ClN4O4. The quantitative estimate of drug-likeness (QED) is 0.650. The average Bonchev–Trinajstić information content (AvgIpc) is 3.29. The van der Waals surface area contributed by atoms with E-state index in [2.05, 4.69) is 5.32 Å². The van der Waals surface area contributed by atoms with E-state index >= 15 is 0 Å². The van der Waals surface area contributed by atoms with Gasteiger partial charge in [-0.15, -0.1) is 0 Å². The van der Waals surface area contributed by atoms with Crippen molar-refractivity contribution in [3.05, 3.63) is 58.1 Å². The lowest BCUT2D eigenvalue weighted by molar-refractivity contribution is -0.138. The largest absolute Gasteiger partial charge is 0.496 e. The normalized spacial score (nSPS) is 24.3. The molecule has 2 aromatic carbocycles. The van der Waals surface area contributed by atoms with E-state index in [9.17, 15) is 14.7 Å². The molecule has 2 heterocycles. The van der Waals surface area contributed by atoms with Crippen LogP contribution >= 0.6 is 11.6 Å². The van der Waals surface area contributed by atoms with E-state index in [1.54, 1.807) is 39.4 Å². The minimum Gasteiger partial charge on any atom is -0.496 e. The summed E-state index contributed by atoms with van der Waals surface area (Å²) in [5.74, 6) is 0.0289. The van der Waals surface area contributed by atoms with Crippen molar-refractivity contribution in [1.82, 2.24) is 14.7 Å². The summed E-state index contributed by atoms with van der Waals surface area (Å²) < 4.78 is 5.75. The van der Waals surface area contributed by atoms with Crippen LogP contribution in [0, 0.1) is 0 Å². The van der Waals surface area contributed by atoms with Gasteiger partial charge in [-0.3, -0.25) is 14.5 Å². The number of likely N-dealkylation sites (N-methyl/N-ethyl adjacent to an activating group) is 1. The zero-order valence-electron chi connectivity index (χ0n) is 20.1. The number of carbonyl (C=O) groups excluding carboxylic acids is 2. The monoisotopic (exact) mass is 486 g/mol. The highest BCUT2D eigenvalue weighted by atomic mass is 35.5. The Morgan fingerprint density at radius 2 is 1.94 bits per heavy atom. The highest BCUT2D eigenvalue weighted by Gasteiger charge is 2.59. The number of halogens is 1. The Bertz CT molecular complexity index is 1120. The fourth-order valence-corrected chi connectivity index (χ4v) is 5.36. The number of ether oxygens (including phenoxy) is 1. The van der Waals surface area contributed by atoms with Crippen molar-refractivity contribution in [2.24, 2.45) is 0 Å². The van der Waals surface area contributed by atoms with Gasteiger partial charge >= 0.3 is 0 Å². The van der Waals surface area contributed by atoms with E-state index < -0.39 is 17.7 Å². The number of fused-ring (bicyclic) bond motifs is 1. The maximum atomic E-state index is 14.0. The first kappa shape index (κ1) is 24.5. The third kappa shape index (κ3) is 3.94. The predicted octanol–water partition coefficient (Wildman–Crippen LogP) is 2.13. The summed E-state index contributed by atoms with van der Waals surface area (Å²) in [5, 5.41) is 14.2. The molecule has 4 rings (SSSR count). The summed E-state index contributed by atoms with van der Waals surface area (Å²) in [7, 11) is 8.86. The Labute approximate surface area is 205 Å². The summed E-state index contributed by atoms with van der Waals surface area (Å²) in [5.41, 5.74) is 1.43. The number of carbonyl (C=O) groups is 2. The summed E-state index contributed by atoms with van der Waals surface area (Å²) in [6.07, 6.45) is -0.542. The first-order valence-corrected chi connectivity index (χ1v) is 11.6. The zero-order valence-corrected chi connectivity index (χ0v) is 20.9. The maximum absolute atomic E-state index is 14.0. The highest BCUT2D eigenvalue weighted by Crippen LogP contribution is 2.51. The second kappa shape index (κ2) is 9.19. The van der Waals surface area contributed by atoms with Gasteiger partial charge in [0.05, 0.1) is 19.3 Å². The highest BCUT2D eigenvalue weighted by molar-refractivity contribution is 6.31. The molecule has 0 aromatic heterocycles. The van der Waals surface area contributed by atoms with Crippen molar-refractivity contribution in [2.75, 3.05) is 47.2 Å². The number of benzene rings is 2. The summed E-state index contributed by atoms with van der Waals surface area (Å²) in [4.78, 5) is 32.6. The van der Waals surface area contributed by atoms with Gasteiger partial charge in [0.25, 0.3) is 5.91 Å². The molecule has 2 aliphatic heterocycles. The van der Waals surface area contributed by atoms with Crippen molar-refractivity contribution < 1.29 is 19.4 Å². The maximum Gasteiger partial charge on any atom is 0.254 e. The van der Waals surface area contributed by atoms with E-state index in [1.807, 2.05) is 42.1 Å². The zero-order chi connectivity index (χ0) is 24.8. The summed E-state index contributed by atoms with van der Waals surface area (Å²) in [6, 6.07) is 10.3. The van der Waals surface area contributed by atoms with E-state index in [-0.39, 0.29) is 24.8 Å². The molecule has 182 valence electrons. The molecule has 1 unspecified atom stereocenters. The van der Waals surface area contributed by atoms with Crippen LogP contribution < -0.4 is 10.1 Å². The molecule has 0 saturated carbocycles. The number of methoxy groups -OCH3 is 1. The smallest absolute Gasteiger partial charge is 0.254 e. The molecule has 1 saturated heterocycles. The van der Waals surface area contributed by atoms with Crippen LogP contribution in [0.5, 0.6) is 5.75 Å².